The molecule has 1 amide bonds. The van der Waals surface area contributed by atoms with E-state index in [1.165, 1.54) is 16.6 Å². The minimum atomic E-state index is -0.0284. The first-order chi connectivity index (χ1) is 12.2. The molecule has 25 heavy (non-hydrogen) atoms. The zero-order valence-electron chi connectivity index (χ0n) is 13.9. The Labute approximate surface area is 154 Å². The van der Waals surface area contributed by atoms with Crippen LogP contribution in [0.15, 0.2) is 47.2 Å². The van der Waals surface area contributed by atoms with E-state index in [9.17, 15) is 4.79 Å². The zero-order valence-corrected chi connectivity index (χ0v) is 15.5. The summed E-state index contributed by atoms with van der Waals surface area (Å²) in [5.74, 6) is 1.16. The van der Waals surface area contributed by atoms with Crippen LogP contribution in [0.4, 0.5) is 0 Å². The monoisotopic (exact) mass is 373 g/mol. The third-order valence-corrected chi connectivity index (χ3v) is 5.51. The van der Waals surface area contributed by atoms with E-state index in [1.807, 2.05) is 19.1 Å². The smallest absolute Gasteiger partial charge is 0.230 e. The molecule has 0 fully saturated rings. The van der Waals surface area contributed by atoms with E-state index >= 15 is 0 Å². The van der Waals surface area contributed by atoms with E-state index in [2.05, 4.69) is 42.6 Å². The molecule has 0 saturated heterocycles. The Morgan fingerprint density at radius 3 is 3.00 bits per heavy atom. The maximum absolute atomic E-state index is 12.0. The number of carbonyl (C=O) groups is 1. The van der Waals surface area contributed by atoms with E-state index in [0.29, 0.717) is 12.3 Å². The van der Waals surface area contributed by atoms with Gasteiger partial charge < -0.3 is 9.88 Å². The maximum atomic E-state index is 12.0. The number of thiophene rings is 1. The van der Waals surface area contributed by atoms with E-state index in [1.54, 1.807) is 23.7 Å². The first-order valence-corrected chi connectivity index (χ1v) is 9.79. The van der Waals surface area contributed by atoms with Crippen LogP contribution >= 0.6 is 23.1 Å². The molecule has 0 spiro atoms. The highest BCUT2D eigenvalue weighted by Crippen LogP contribution is 2.18. The van der Waals surface area contributed by atoms with Gasteiger partial charge in [-0.3, -0.25) is 9.78 Å². The molecule has 0 bridgehead atoms. The van der Waals surface area contributed by atoms with E-state index in [4.69, 9.17) is 0 Å². The molecule has 0 unspecified atom stereocenters. The van der Waals surface area contributed by atoms with E-state index in [-0.39, 0.29) is 5.91 Å². The summed E-state index contributed by atoms with van der Waals surface area (Å²) in [4.78, 5) is 17.4. The van der Waals surface area contributed by atoms with Crippen LogP contribution in [0, 0.1) is 6.92 Å². The van der Waals surface area contributed by atoms with Crippen molar-refractivity contribution in [3.8, 4) is 0 Å². The van der Waals surface area contributed by atoms with Gasteiger partial charge in [0.25, 0.3) is 0 Å². The number of pyridine rings is 1. The molecule has 1 N–H and O–H groups in total. The van der Waals surface area contributed by atoms with Gasteiger partial charge in [-0.25, -0.2) is 0 Å². The van der Waals surface area contributed by atoms with Gasteiger partial charge >= 0.3 is 0 Å². The molecule has 0 atom stereocenters. The van der Waals surface area contributed by atoms with Crippen molar-refractivity contribution in [2.45, 2.75) is 31.6 Å². The Morgan fingerprint density at radius 1 is 1.32 bits per heavy atom. The summed E-state index contributed by atoms with van der Waals surface area (Å²) < 4.78 is 2.07. The van der Waals surface area contributed by atoms with Crippen molar-refractivity contribution in [2.75, 3.05) is 5.75 Å². The average molecular weight is 374 g/mol. The van der Waals surface area contributed by atoms with E-state index < -0.39 is 0 Å². The lowest BCUT2D eigenvalue weighted by Crippen LogP contribution is -2.24. The van der Waals surface area contributed by atoms with Crippen LogP contribution in [-0.4, -0.2) is 31.4 Å². The second-order valence-electron chi connectivity index (χ2n) is 5.44. The largest absolute Gasteiger partial charge is 0.351 e. The fourth-order valence-corrected chi connectivity index (χ4v) is 3.83. The van der Waals surface area contributed by atoms with Crippen molar-refractivity contribution in [3.05, 3.63) is 58.3 Å². The molecule has 3 rings (SSSR count). The molecule has 0 aliphatic heterocycles. The molecule has 0 aliphatic carbocycles. The molecular formula is C17H19N5OS2. The lowest BCUT2D eigenvalue weighted by atomic mass is 10.3. The highest BCUT2D eigenvalue weighted by Gasteiger charge is 2.12. The standard InChI is InChI=1S/C17H19N5OS2/c1-13-20-21-17(22(13)8-6-15-5-3-9-24-15)25-12-16(23)19-11-14-4-2-7-18-10-14/h2-5,7,9-10H,6,8,11-12H2,1H3,(H,19,23). The van der Waals surface area contributed by atoms with Crippen LogP contribution in [0.3, 0.4) is 0 Å². The SMILES string of the molecule is Cc1nnc(SCC(=O)NCc2cccnc2)n1CCc1cccs1. The zero-order chi connectivity index (χ0) is 17.5. The quantitative estimate of drug-likeness (QED) is 0.615. The normalized spacial score (nSPS) is 10.8. The Bertz CT molecular complexity index is 802. The molecule has 3 aromatic rings. The number of rotatable bonds is 8. The van der Waals surface area contributed by atoms with Crippen LogP contribution in [0.1, 0.15) is 16.3 Å². The summed E-state index contributed by atoms with van der Waals surface area (Å²) in [6.07, 6.45) is 4.40. The fraction of sp³-hybridized carbons (Fsp3) is 0.294. The molecule has 0 radical (unpaired) electrons. The molecule has 3 aromatic heterocycles. The number of aromatic nitrogens is 4. The van der Waals surface area contributed by atoms with Crippen LogP contribution < -0.4 is 5.32 Å². The van der Waals surface area contributed by atoms with Gasteiger partial charge in [0.2, 0.25) is 5.91 Å². The number of nitrogens with one attached hydrogen (secondary N) is 1. The van der Waals surface area contributed by atoms with Gasteiger partial charge in [0.05, 0.1) is 5.75 Å². The number of aryl methyl sites for hydroxylation is 2. The van der Waals surface area contributed by atoms with Crippen molar-refractivity contribution in [2.24, 2.45) is 0 Å². The lowest BCUT2D eigenvalue weighted by molar-refractivity contribution is -0.118. The van der Waals surface area contributed by atoms with Gasteiger partial charge in [-0.15, -0.1) is 21.5 Å². The number of nitrogens with zero attached hydrogens (tertiary/aromatic N) is 4. The molecule has 0 aliphatic rings. The summed E-state index contributed by atoms with van der Waals surface area (Å²) in [6.45, 7) is 3.24. The third kappa shape index (κ3) is 5.14. The van der Waals surface area contributed by atoms with Crippen molar-refractivity contribution < 1.29 is 4.79 Å². The van der Waals surface area contributed by atoms with Crippen molar-refractivity contribution in [1.29, 1.82) is 0 Å². The Balaban J connectivity index is 1.50. The van der Waals surface area contributed by atoms with Crippen LogP contribution in [0.5, 0.6) is 0 Å². The molecule has 130 valence electrons. The van der Waals surface area contributed by atoms with Gasteiger partial charge in [-0.1, -0.05) is 23.9 Å². The molecule has 0 aromatic carbocycles. The number of carbonyl (C=O) groups excluding carboxylic acids is 1. The predicted octanol–water partition coefficient (Wildman–Crippen LogP) is 2.69. The van der Waals surface area contributed by atoms with Crippen molar-refractivity contribution in [1.82, 2.24) is 25.1 Å². The fourth-order valence-electron chi connectivity index (χ4n) is 2.29. The lowest BCUT2D eigenvalue weighted by Gasteiger charge is -2.08. The van der Waals surface area contributed by atoms with Gasteiger partial charge in [0.15, 0.2) is 5.16 Å². The number of hydrogen-bond acceptors (Lipinski definition) is 6. The molecule has 6 nitrogen and oxygen atoms in total. The number of amides is 1. The summed E-state index contributed by atoms with van der Waals surface area (Å²) in [6, 6.07) is 7.98. The Hall–Kier alpha value is -2.19. The molecule has 8 heteroatoms. The molecular weight excluding hydrogens is 354 g/mol. The van der Waals surface area contributed by atoms with Gasteiger partial charge in [0, 0.05) is 30.4 Å². The predicted molar refractivity (Wildman–Crippen MR) is 99.6 cm³/mol. The van der Waals surface area contributed by atoms with Gasteiger partial charge in [-0.05, 0) is 36.4 Å². The van der Waals surface area contributed by atoms with Gasteiger partial charge in [0.1, 0.15) is 5.82 Å². The Morgan fingerprint density at radius 2 is 2.24 bits per heavy atom. The van der Waals surface area contributed by atoms with Crippen LogP contribution in [-0.2, 0) is 24.3 Å². The molecule has 3 heterocycles. The number of hydrogen-bond donors (Lipinski definition) is 1. The average Bonchev–Trinajstić information content (AvgIpc) is 3.27. The first kappa shape index (κ1) is 17.6. The topological polar surface area (TPSA) is 72.7 Å². The second kappa shape index (κ2) is 8.77. The summed E-state index contributed by atoms with van der Waals surface area (Å²) in [5, 5.41) is 14.1. The third-order valence-electron chi connectivity index (χ3n) is 3.61. The molecule has 0 saturated carbocycles. The minimum absolute atomic E-state index is 0.0284. The van der Waals surface area contributed by atoms with E-state index in [0.717, 1.165) is 29.5 Å². The second-order valence-corrected chi connectivity index (χ2v) is 7.41. The van der Waals surface area contributed by atoms with Crippen LogP contribution in [0.25, 0.3) is 0 Å². The highest BCUT2D eigenvalue weighted by atomic mass is 32.2. The summed E-state index contributed by atoms with van der Waals surface area (Å²) >= 11 is 3.16. The van der Waals surface area contributed by atoms with Crippen LogP contribution in [0.2, 0.25) is 0 Å². The first-order valence-electron chi connectivity index (χ1n) is 7.93. The minimum Gasteiger partial charge on any atom is -0.351 e. The Kier molecular flexibility index (Phi) is 6.19. The van der Waals surface area contributed by atoms with Crippen molar-refractivity contribution >= 4 is 29.0 Å². The summed E-state index contributed by atoms with van der Waals surface area (Å²) in [5.41, 5.74) is 0.982. The van der Waals surface area contributed by atoms with Crippen molar-refractivity contribution in [3.63, 3.8) is 0 Å². The highest BCUT2D eigenvalue weighted by molar-refractivity contribution is 7.99. The number of thioether (sulfide) groups is 1. The van der Waals surface area contributed by atoms with Gasteiger partial charge in [-0.2, -0.15) is 0 Å². The maximum Gasteiger partial charge on any atom is 0.230 e. The summed E-state index contributed by atoms with van der Waals surface area (Å²) in [7, 11) is 0.